The number of carbonyl (C=O) groups excluding carboxylic acids is 3. The maximum absolute atomic E-state index is 11.7. The van der Waals surface area contributed by atoms with Crippen molar-refractivity contribution in [2.75, 3.05) is 6.61 Å². The van der Waals surface area contributed by atoms with Gasteiger partial charge in [0.1, 0.15) is 11.5 Å². The van der Waals surface area contributed by atoms with Crippen LogP contribution in [0.4, 0.5) is 0 Å². The Morgan fingerprint density at radius 3 is 2.53 bits per heavy atom. The molecule has 6 nitrogen and oxygen atoms in total. The highest BCUT2D eigenvalue weighted by atomic mass is 16.3. The molecule has 0 aromatic carbocycles. The Hall–Kier alpha value is -1.27. The number of hydrogen-bond acceptors (Lipinski definition) is 5. The zero-order valence-corrected chi connectivity index (χ0v) is 8.32. The first-order chi connectivity index (χ1) is 6.97. The van der Waals surface area contributed by atoms with Crippen molar-refractivity contribution in [1.29, 1.82) is 0 Å². The largest absolute Gasteiger partial charge is 0.393 e. The van der Waals surface area contributed by atoms with E-state index in [2.05, 4.69) is 0 Å². The maximum atomic E-state index is 11.7. The Morgan fingerprint density at radius 2 is 2.20 bits per heavy atom. The molecule has 0 radical (unpaired) electrons. The van der Waals surface area contributed by atoms with E-state index in [9.17, 15) is 19.5 Å². The predicted molar refractivity (Wildman–Crippen MR) is 48.6 cm³/mol. The van der Waals surface area contributed by atoms with Gasteiger partial charge >= 0.3 is 0 Å². The third-order valence-corrected chi connectivity index (χ3v) is 2.70. The number of rotatable bonds is 4. The number of nitrogens with one attached hydrogen (secondary N) is 1. The fourth-order valence-corrected chi connectivity index (χ4v) is 1.71. The normalized spacial score (nSPS) is 27.7. The topological polar surface area (TPSA) is 104 Å². The molecule has 0 aliphatic carbocycles. The van der Waals surface area contributed by atoms with Crippen molar-refractivity contribution >= 4 is 17.6 Å². The zero-order valence-electron chi connectivity index (χ0n) is 8.32. The van der Waals surface area contributed by atoms with Gasteiger partial charge in [-0.15, -0.1) is 0 Å². The number of ketones is 1. The minimum absolute atomic E-state index is 0.125. The third kappa shape index (κ3) is 1.78. The molecule has 0 spiro atoms. The summed E-state index contributed by atoms with van der Waals surface area (Å²) in [7, 11) is 0. The van der Waals surface area contributed by atoms with Crippen LogP contribution in [0, 0.1) is 5.41 Å². The summed E-state index contributed by atoms with van der Waals surface area (Å²) in [5.41, 5.74) is -1.50. The van der Waals surface area contributed by atoms with Crippen molar-refractivity contribution in [3.8, 4) is 0 Å². The first kappa shape index (κ1) is 11.8. The average molecular weight is 215 g/mol. The Labute approximate surface area is 86.3 Å². The van der Waals surface area contributed by atoms with E-state index < -0.39 is 35.7 Å². The number of amides is 2. The van der Waals surface area contributed by atoms with Gasteiger partial charge in [0.2, 0.25) is 11.8 Å². The number of aliphatic hydroxyl groups is 2. The quantitative estimate of drug-likeness (QED) is 0.385. The van der Waals surface area contributed by atoms with Crippen molar-refractivity contribution < 1.29 is 24.6 Å². The van der Waals surface area contributed by atoms with Crippen molar-refractivity contribution in [1.82, 2.24) is 5.32 Å². The van der Waals surface area contributed by atoms with Crippen molar-refractivity contribution in [2.45, 2.75) is 25.9 Å². The van der Waals surface area contributed by atoms with Gasteiger partial charge in [-0.3, -0.25) is 19.7 Å². The van der Waals surface area contributed by atoms with E-state index in [1.807, 2.05) is 5.32 Å². The van der Waals surface area contributed by atoms with E-state index in [1.54, 1.807) is 6.92 Å². The van der Waals surface area contributed by atoms with E-state index in [-0.39, 0.29) is 12.8 Å². The van der Waals surface area contributed by atoms with Gasteiger partial charge in [0.25, 0.3) is 0 Å². The molecule has 2 atom stereocenters. The predicted octanol–water partition coefficient (Wildman–Crippen LogP) is -1.65. The molecule has 2 unspecified atom stereocenters. The Kier molecular flexibility index (Phi) is 3.21. The molecule has 15 heavy (non-hydrogen) atoms. The lowest BCUT2D eigenvalue weighted by molar-refractivity contribution is -0.146. The van der Waals surface area contributed by atoms with Crippen LogP contribution in [0.1, 0.15) is 19.8 Å². The molecule has 3 N–H and O–H groups in total. The summed E-state index contributed by atoms with van der Waals surface area (Å²) in [6, 6.07) is 0. The Morgan fingerprint density at radius 1 is 1.60 bits per heavy atom. The van der Waals surface area contributed by atoms with E-state index in [0.29, 0.717) is 0 Å². The third-order valence-electron chi connectivity index (χ3n) is 2.70. The highest BCUT2D eigenvalue weighted by molar-refractivity contribution is 6.18. The fraction of sp³-hybridized carbons (Fsp3) is 0.667. The smallest absolute Gasteiger partial charge is 0.240 e. The number of hydrogen-bond donors (Lipinski definition) is 3. The highest BCUT2D eigenvalue weighted by Crippen LogP contribution is 2.33. The van der Waals surface area contributed by atoms with Crippen LogP contribution in [0.5, 0.6) is 0 Å². The molecule has 1 aliphatic heterocycles. The average Bonchev–Trinajstić information content (AvgIpc) is 2.52. The van der Waals surface area contributed by atoms with Gasteiger partial charge in [-0.2, -0.15) is 0 Å². The molecule has 6 heteroatoms. The van der Waals surface area contributed by atoms with Crippen LogP contribution in [-0.2, 0) is 14.4 Å². The first-order valence-electron chi connectivity index (χ1n) is 4.65. The summed E-state index contributed by atoms with van der Waals surface area (Å²) in [5.74, 6) is -2.01. The van der Waals surface area contributed by atoms with Crippen LogP contribution >= 0.6 is 0 Å². The summed E-state index contributed by atoms with van der Waals surface area (Å²) in [6.45, 7) is 0.836. The van der Waals surface area contributed by atoms with Crippen LogP contribution in [0.25, 0.3) is 0 Å². The molecule has 84 valence electrons. The van der Waals surface area contributed by atoms with Crippen LogP contribution in [0.3, 0.4) is 0 Å². The number of imide groups is 1. The summed E-state index contributed by atoms with van der Waals surface area (Å²) < 4.78 is 0. The van der Waals surface area contributed by atoms with Gasteiger partial charge in [0, 0.05) is 6.42 Å². The lowest BCUT2D eigenvalue weighted by Crippen LogP contribution is -2.45. The molecule has 1 saturated heterocycles. The van der Waals surface area contributed by atoms with Gasteiger partial charge in [-0.25, -0.2) is 0 Å². The molecule has 1 rings (SSSR count). The summed E-state index contributed by atoms with van der Waals surface area (Å²) in [6.07, 6.45) is -1.74. The second-order valence-electron chi connectivity index (χ2n) is 3.55. The minimum Gasteiger partial charge on any atom is -0.393 e. The van der Waals surface area contributed by atoms with Gasteiger partial charge in [0.15, 0.2) is 5.78 Å². The lowest BCUT2D eigenvalue weighted by Gasteiger charge is -2.23. The van der Waals surface area contributed by atoms with Gasteiger partial charge < -0.3 is 10.2 Å². The van der Waals surface area contributed by atoms with Gasteiger partial charge in [-0.1, -0.05) is 6.92 Å². The van der Waals surface area contributed by atoms with Crippen molar-refractivity contribution in [2.24, 2.45) is 5.41 Å². The Balaban J connectivity index is 3.00. The zero-order chi connectivity index (χ0) is 11.6. The highest BCUT2D eigenvalue weighted by Gasteiger charge is 2.52. The van der Waals surface area contributed by atoms with Crippen LogP contribution in [0.15, 0.2) is 0 Å². The summed E-state index contributed by atoms with van der Waals surface area (Å²) in [4.78, 5) is 34.1. The standard InChI is InChI=1S/C9H13NO5/c1-2-9(7(14)5(12)4-11)3-6(13)10-8(9)15/h5,11-12H,2-4H2,1H3,(H,10,13,15). The second kappa shape index (κ2) is 4.08. The number of Topliss-reactive ketones (excluding diaryl/α,β-unsaturated/α-hetero) is 1. The van der Waals surface area contributed by atoms with Crippen LogP contribution < -0.4 is 5.32 Å². The monoisotopic (exact) mass is 215 g/mol. The second-order valence-corrected chi connectivity index (χ2v) is 3.55. The molecular formula is C9H13NO5. The van der Waals surface area contributed by atoms with Crippen LogP contribution in [0.2, 0.25) is 0 Å². The van der Waals surface area contributed by atoms with Gasteiger partial charge in [0.05, 0.1) is 6.61 Å². The molecule has 0 bridgehead atoms. The summed E-state index contributed by atoms with van der Waals surface area (Å²) >= 11 is 0. The van der Waals surface area contributed by atoms with Crippen LogP contribution in [-0.4, -0.2) is 40.5 Å². The molecule has 0 aromatic heterocycles. The van der Waals surface area contributed by atoms with E-state index in [0.717, 1.165) is 0 Å². The molecule has 0 aromatic rings. The molecule has 1 heterocycles. The van der Waals surface area contributed by atoms with E-state index >= 15 is 0 Å². The molecule has 0 saturated carbocycles. The fourth-order valence-electron chi connectivity index (χ4n) is 1.71. The first-order valence-corrected chi connectivity index (χ1v) is 4.65. The minimum atomic E-state index is -1.61. The lowest BCUT2D eigenvalue weighted by atomic mass is 9.77. The van der Waals surface area contributed by atoms with Gasteiger partial charge in [-0.05, 0) is 6.42 Å². The SMILES string of the molecule is CCC1(C(=O)C(O)CO)CC(=O)NC1=O. The molecular weight excluding hydrogens is 202 g/mol. The molecule has 1 aliphatic rings. The maximum Gasteiger partial charge on any atom is 0.240 e. The Bertz CT molecular complexity index is 314. The number of aliphatic hydroxyl groups excluding tert-OH is 2. The van der Waals surface area contributed by atoms with Crippen molar-refractivity contribution in [3.05, 3.63) is 0 Å². The molecule has 1 fully saturated rings. The number of carbonyl (C=O) groups is 3. The van der Waals surface area contributed by atoms with E-state index in [4.69, 9.17) is 5.11 Å². The van der Waals surface area contributed by atoms with Crippen molar-refractivity contribution in [3.63, 3.8) is 0 Å². The summed E-state index contributed by atoms with van der Waals surface area (Å²) in [5, 5.41) is 19.9. The molecule has 2 amide bonds. The van der Waals surface area contributed by atoms with E-state index in [1.165, 1.54) is 0 Å².